The van der Waals surface area contributed by atoms with E-state index in [1.165, 1.54) is 19.2 Å². The van der Waals surface area contributed by atoms with Gasteiger partial charge in [0.2, 0.25) is 0 Å². The first-order valence-electron chi connectivity index (χ1n) is 8.05. The number of fused-ring (bicyclic) bond motifs is 1. The lowest BCUT2D eigenvalue weighted by molar-refractivity contribution is -0.384. The Bertz CT molecular complexity index is 884. The topological polar surface area (TPSA) is 81.9 Å². The summed E-state index contributed by atoms with van der Waals surface area (Å²) < 4.78 is 11.5. The van der Waals surface area contributed by atoms with E-state index in [1.54, 1.807) is 23.1 Å². The SMILES string of the molecule is CCOc1c(Br)cc(C(=O)N2CCc3ccc([N+](=O)[O-])cc32)cc1OC. The maximum absolute atomic E-state index is 13.0. The molecule has 0 saturated carbocycles. The van der Waals surface area contributed by atoms with Crippen molar-refractivity contribution in [1.29, 1.82) is 0 Å². The lowest BCUT2D eigenvalue weighted by atomic mass is 10.1. The fourth-order valence-electron chi connectivity index (χ4n) is 2.98. The minimum Gasteiger partial charge on any atom is -0.493 e. The highest BCUT2D eigenvalue weighted by Crippen LogP contribution is 2.38. The number of halogens is 1. The van der Waals surface area contributed by atoms with Crippen LogP contribution in [0.4, 0.5) is 11.4 Å². The number of ether oxygens (including phenoxy) is 2. The zero-order valence-electron chi connectivity index (χ0n) is 14.3. The highest BCUT2D eigenvalue weighted by molar-refractivity contribution is 9.10. The van der Waals surface area contributed by atoms with Crippen molar-refractivity contribution in [3.05, 3.63) is 56.0 Å². The molecule has 2 aromatic rings. The first kappa shape index (κ1) is 18.2. The van der Waals surface area contributed by atoms with Crippen molar-refractivity contribution >= 4 is 33.2 Å². The number of nitro benzene ring substituents is 1. The normalized spacial score (nSPS) is 12.7. The molecule has 0 aromatic heterocycles. The number of carbonyl (C=O) groups is 1. The highest BCUT2D eigenvalue weighted by Gasteiger charge is 2.28. The molecule has 0 spiro atoms. The molecule has 1 aliphatic heterocycles. The van der Waals surface area contributed by atoms with Gasteiger partial charge in [-0.2, -0.15) is 0 Å². The van der Waals surface area contributed by atoms with E-state index in [9.17, 15) is 14.9 Å². The number of anilines is 1. The van der Waals surface area contributed by atoms with Gasteiger partial charge in [0, 0.05) is 24.2 Å². The molecule has 8 heteroatoms. The third kappa shape index (κ3) is 3.24. The average molecular weight is 421 g/mol. The monoisotopic (exact) mass is 420 g/mol. The van der Waals surface area contributed by atoms with Gasteiger partial charge in [-0.05, 0) is 47.0 Å². The number of rotatable bonds is 5. The predicted molar refractivity (Wildman–Crippen MR) is 100 cm³/mol. The number of benzene rings is 2. The quantitative estimate of drug-likeness (QED) is 0.539. The lowest BCUT2D eigenvalue weighted by Crippen LogP contribution is -2.29. The maximum Gasteiger partial charge on any atom is 0.271 e. The molecule has 0 fully saturated rings. The molecule has 0 bridgehead atoms. The van der Waals surface area contributed by atoms with Crippen molar-refractivity contribution in [3.8, 4) is 11.5 Å². The molecule has 1 amide bonds. The molecule has 0 unspecified atom stereocenters. The van der Waals surface area contributed by atoms with Crippen LogP contribution >= 0.6 is 15.9 Å². The number of amides is 1. The van der Waals surface area contributed by atoms with Crippen LogP contribution in [-0.2, 0) is 6.42 Å². The highest BCUT2D eigenvalue weighted by atomic mass is 79.9. The van der Waals surface area contributed by atoms with Crippen molar-refractivity contribution in [2.45, 2.75) is 13.3 Å². The second-order valence-corrected chi connectivity index (χ2v) is 6.55. The Morgan fingerprint density at radius 2 is 2.12 bits per heavy atom. The zero-order valence-corrected chi connectivity index (χ0v) is 15.9. The van der Waals surface area contributed by atoms with Crippen LogP contribution in [0.3, 0.4) is 0 Å². The predicted octanol–water partition coefficient (Wildman–Crippen LogP) is 3.97. The lowest BCUT2D eigenvalue weighted by Gasteiger charge is -2.19. The average Bonchev–Trinajstić information content (AvgIpc) is 3.05. The van der Waals surface area contributed by atoms with Crippen LogP contribution in [0.2, 0.25) is 0 Å². The molecule has 0 atom stereocenters. The molecule has 0 radical (unpaired) electrons. The molecular weight excluding hydrogens is 404 g/mol. The third-order valence-electron chi connectivity index (χ3n) is 4.19. The Balaban J connectivity index is 1.98. The molecular formula is C18H17BrN2O5. The van der Waals surface area contributed by atoms with Gasteiger partial charge in [0.05, 0.1) is 28.8 Å². The van der Waals surface area contributed by atoms with Crippen molar-refractivity contribution in [3.63, 3.8) is 0 Å². The van der Waals surface area contributed by atoms with Crippen LogP contribution in [0.1, 0.15) is 22.8 Å². The molecule has 1 aliphatic rings. The molecule has 0 aliphatic carbocycles. The van der Waals surface area contributed by atoms with Crippen LogP contribution in [-0.4, -0.2) is 31.1 Å². The summed E-state index contributed by atoms with van der Waals surface area (Å²) in [6.45, 7) is 2.80. The molecule has 1 heterocycles. The smallest absolute Gasteiger partial charge is 0.271 e. The fraction of sp³-hybridized carbons (Fsp3) is 0.278. The maximum atomic E-state index is 13.0. The van der Waals surface area contributed by atoms with Crippen LogP contribution in [0.5, 0.6) is 11.5 Å². The van der Waals surface area contributed by atoms with E-state index in [0.29, 0.717) is 46.8 Å². The number of hydrogen-bond donors (Lipinski definition) is 0. The van der Waals surface area contributed by atoms with E-state index >= 15 is 0 Å². The minimum atomic E-state index is -0.461. The first-order chi connectivity index (χ1) is 12.5. The standard InChI is InChI=1S/C18H17BrN2O5/c1-3-26-17-14(19)8-12(9-16(17)25-2)18(22)20-7-6-11-4-5-13(21(23)24)10-15(11)20/h4-5,8-10H,3,6-7H2,1-2H3. The van der Waals surface area contributed by atoms with Crippen molar-refractivity contribution in [2.24, 2.45) is 0 Å². The summed E-state index contributed by atoms with van der Waals surface area (Å²) in [6.07, 6.45) is 0.661. The molecule has 0 saturated heterocycles. The Labute approximate surface area is 158 Å². The summed E-state index contributed by atoms with van der Waals surface area (Å²) in [6, 6.07) is 7.90. The first-order valence-corrected chi connectivity index (χ1v) is 8.85. The van der Waals surface area contributed by atoms with Crippen molar-refractivity contribution in [1.82, 2.24) is 0 Å². The molecule has 0 N–H and O–H groups in total. The van der Waals surface area contributed by atoms with Gasteiger partial charge in [0.15, 0.2) is 11.5 Å². The molecule has 136 valence electrons. The second kappa shape index (κ2) is 7.33. The Morgan fingerprint density at radius 3 is 2.77 bits per heavy atom. The van der Waals surface area contributed by atoms with Gasteiger partial charge < -0.3 is 14.4 Å². The molecule has 26 heavy (non-hydrogen) atoms. The van der Waals surface area contributed by atoms with Gasteiger partial charge in [0.25, 0.3) is 11.6 Å². The van der Waals surface area contributed by atoms with E-state index < -0.39 is 4.92 Å². The number of non-ortho nitro benzene ring substituents is 1. The molecule has 3 rings (SSSR count). The van der Waals surface area contributed by atoms with E-state index in [2.05, 4.69) is 15.9 Å². The van der Waals surface area contributed by atoms with Crippen LogP contribution in [0, 0.1) is 10.1 Å². The largest absolute Gasteiger partial charge is 0.493 e. The third-order valence-corrected chi connectivity index (χ3v) is 4.77. The van der Waals surface area contributed by atoms with Crippen LogP contribution in [0.15, 0.2) is 34.8 Å². The van der Waals surface area contributed by atoms with Crippen LogP contribution in [0.25, 0.3) is 0 Å². The van der Waals surface area contributed by atoms with Gasteiger partial charge in [0.1, 0.15) is 0 Å². The van der Waals surface area contributed by atoms with Gasteiger partial charge in [-0.25, -0.2) is 0 Å². The minimum absolute atomic E-state index is 0.0334. The summed E-state index contributed by atoms with van der Waals surface area (Å²) in [5.74, 6) is 0.735. The van der Waals surface area contributed by atoms with Gasteiger partial charge in [-0.15, -0.1) is 0 Å². The summed E-state index contributed by atoms with van der Waals surface area (Å²) in [4.78, 5) is 25.2. The summed E-state index contributed by atoms with van der Waals surface area (Å²) in [5.41, 5.74) is 1.87. The van der Waals surface area contributed by atoms with Gasteiger partial charge in [-0.3, -0.25) is 14.9 Å². The molecule has 7 nitrogen and oxygen atoms in total. The van der Waals surface area contributed by atoms with E-state index in [4.69, 9.17) is 9.47 Å². The van der Waals surface area contributed by atoms with Crippen molar-refractivity contribution in [2.75, 3.05) is 25.2 Å². The zero-order chi connectivity index (χ0) is 18.8. The number of methoxy groups -OCH3 is 1. The number of hydrogen-bond acceptors (Lipinski definition) is 5. The van der Waals surface area contributed by atoms with E-state index in [-0.39, 0.29) is 11.6 Å². The number of carbonyl (C=O) groups excluding carboxylic acids is 1. The Hall–Kier alpha value is -2.61. The number of nitro groups is 1. The summed E-state index contributed by atoms with van der Waals surface area (Å²) in [5, 5.41) is 11.0. The Morgan fingerprint density at radius 1 is 1.35 bits per heavy atom. The molecule has 2 aromatic carbocycles. The van der Waals surface area contributed by atoms with E-state index in [0.717, 1.165) is 5.56 Å². The van der Waals surface area contributed by atoms with Gasteiger partial charge in [-0.1, -0.05) is 6.07 Å². The van der Waals surface area contributed by atoms with Gasteiger partial charge >= 0.3 is 0 Å². The van der Waals surface area contributed by atoms with Crippen LogP contribution < -0.4 is 14.4 Å². The summed E-state index contributed by atoms with van der Waals surface area (Å²) in [7, 11) is 1.51. The van der Waals surface area contributed by atoms with Crippen molar-refractivity contribution < 1.29 is 19.2 Å². The Kier molecular flexibility index (Phi) is 5.13. The summed E-state index contributed by atoms with van der Waals surface area (Å²) >= 11 is 3.41. The second-order valence-electron chi connectivity index (χ2n) is 5.70. The van der Waals surface area contributed by atoms with E-state index in [1.807, 2.05) is 6.92 Å². The fourth-order valence-corrected chi connectivity index (χ4v) is 3.53. The number of nitrogens with zero attached hydrogens (tertiary/aromatic N) is 2.